The molecule has 3 aliphatic rings. The summed E-state index contributed by atoms with van der Waals surface area (Å²) in [6.07, 6.45) is 2.58. The fourth-order valence-electron chi connectivity index (χ4n) is 4.20. The number of rotatable bonds is 7. The quantitative estimate of drug-likeness (QED) is 0.602. The van der Waals surface area contributed by atoms with Gasteiger partial charge in [-0.1, -0.05) is 23.7 Å². The molecule has 1 N–H and O–H groups in total. The Hall–Kier alpha value is -1.24. The molecule has 2 aromatic rings. The standard InChI is InChI=1S/C22H26ClFN2O2.2ClH/c1-27-21-11-16(12-25-20-13-26-8-6-17(20)7-9-26)10-19(23)22(21)28-14-15-2-4-18(24)5-3-15;;/h2-5,10-11,17,20,25H,6-9,12-14H2,1H3;2*1H. The summed E-state index contributed by atoms with van der Waals surface area (Å²) in [5.41, 5.74) is 1.94. The molecule has 166 valence electrons. The lowest BCUT2D eigenvalue weighted by molar-refractivity contribution is 0.0720. The minimum Gasteiger partial charge on any atom is -0.493 e. The molecule has 0 aliphatic carbocycles. The van der Waals surface area contributed by atoms with E-state index in [-0.39, 0.29) is 30.6 Å². The van der Waals surface area contributed by atoms with E-state index in [1.54, 1.807) is 19.2 Å². The van der Waals surface area contributed by atoms with Crippen LogP contribution in [0, 0.1) is 11.7 Å². The average Bonchev–Trinajstić information content (AvgIpc) is 2.73. The highest BCUT2D eigenvalue weighted by atomic mass is 35.5. The van der Waals surface area contributed by atoms with Crippen LogP contribution in [-0.2, 0) is 13.2 Å². The van der Waals surface area contributed by atoms with Crippen molar-refractivity contribution in [1.29, 1.82) is 0 Å². The molecule has 2 bridgehead atoms. The number of ether oxygens (including phenoxy) is 2. The van der Waals surface area contributed by atoms with Crippen molar-refractivity contribution in [2.75, 3.05) is 26.7 Å². The van der Waals surface area contributed by atoms with Crippen molar-refractivity contribution in [3.8, 4) is 11.5 Å². The van der Waals surface area contributed by atoms with E-state index in [2.05, 4.69) is 10.2 Å². The van der Waals surface area contributed by atoms with Crippen molar-refractivity contribution in [2.45, 2.75) is 32.0 Å². The van der Waals surface area contributed by atoms with E-state index in [0.717, 1.165) is 30.1 Å². The van der Waals surface area contributed by atoms with Crippen molar-refractivity contribution in [3.63, 3.8) is 0 Å². The molecule has 1 atom stereocenters. The summed E-state index contributed by atoms with van der Waals surface area (Å²) in [6.45, 7) is 4.66. The molecule has 8 heteroatoms. The first-order valence-corrected chi connectivity index (χ1v) is 10.2. The van der Waals surface area contributed by atoms with E-state index >= 15 is 0 Å². The van der Waals surface area contributed by atoms with E-state index in [4.69, 9.17) is 21.1 Å². The van der Waals surface area contributed by atoms with Gasteiger partial charge in [0.2, 0.25) is 0 Å². The van der Waals surface area contributed by atoms with Gasteiger partial charge in [-0.25, -0.2) is 4.39 Å². The van der Waals surface area contributed by atoms with E-state index < -0.39 is 0 Å². The highest BCUT2D eigenvalue weighted by Gasteiger charge is 2.33. The molecule has 30 heavy (non-hydrogen) atoms. The molecule has 0 aromatic heterocycles. The second kappa shape index (κ2) is 11.4. The molecule has 3 saturated heterocycles. The van der Waals surface area contributed by atoms with E-state index in [9.17, 15) is 4.39 Å². The number of hydrogen-bond donors (Lipinski definition) is 1. The van der Waals surface area contributed by atoms with Gasteiger partial charge in [0.15, 0.2) is 11.5 Å². The number of benzene rings is 2. The molecule has 1 unspecified atom stereocenters. The number of nitrogens with zero attached hydrogens (tertiary/aromatic N) is 1. The van der Waals surface area contributed by atoms with Gasteiger partial charge in [0.1, 0.15) is 12.4 Å². The molecular weight excluding hydrogens is 450 g/mol. The van der Waals surface area contributed by atoms with Crippen molar-refractivity contribution in [3.05, 3.63) is 58.4 Å². The molecule has 0 amide bonds. The second-order valence-electron chi connectivity index (χ2n) is 7.65. The number of halogens is 4. The number of piperidine rings is 3. The van der Waals surface area contributed by atoms with Crippen molar-refractivity contribution >= 4 is 36.4 Å². The minimum atomic E-state index is -0.265. The molecule has 0 saturated carbocycles. The Morgan fingerprint density at radius 3 is 2.40 bits per heavy atom. The molecule has 5 rings (SSSR count). The maximum atomic E-state index is 13.0. The molecule has 3 fully saturated rings. The Labute approximate surface area is 194 Å². The Balaban J connectivity index is 0.00000160. The number of hydrogen-bond acceptors (Lipinski definition) is 4. The summed E-state index contributed by atoms with van der Waals surface area (Å²) >= 11 is 6.49. The molecule has 4 nitrogen and oxygen atoms in total. The van der Waals surface area contributed by atoms with Crippen LogP contribution < -0.4 is 14.8 Å². The van der Waals surface area contributed by atoms with Crippen LogP contribution in [0.5, 0.6) is 11.5 Å². The fraction of sp³-hybridized carbons (Fsp3) is 0.455. The Morgan fingerprint density at radius 1 is 1.10 bits per heavy atom. The SMILES string of the molecule is COc1cc(CNC2CN3CCC2CC3)cc(Cl)c1OCc1ccc(F)cc1.Cl.Cl. The van der Waals surface area contributed by atoms with Crippen LogP contribution in [0.25, 0.3) is 0 Å². The van der Waals surface area contributed by atoms with Crippen molar-refractivity contribution in [2.24, 2.45) is 5.92 Å². The predicted octanol–water partition coefficient (Wildman–Crippen LogP) is 5.09. The average molecular weight is 478 g/mol. The largest absolute Gasteiger partial charge is 0.493 e. The van der Waals surface area contributed by atoms with Gasteiger partial charge in [-0.05, 0) is 67.2 Å². The lowest BCUT2D eigenvalue weighted by atomic mass is 9.84. The van der Waals surface area contributed by atoms with Gasteiger partial charge < -0.3 is 19.7 Å². The van der Waals surface area contributed by atoms with Crippen LogP contribution in [0.1, 0.15) is 24.0 Å². The van der Waals surface area contributed by atoms with Crippen molar-refractivity contribution < 1.29 is 13.9 Å². The van der Waals surface area contributed by atoms with Crippen LogP contribution in [-0.4, -0.2) is 37.7 Å². The third kappa shape index (κ3) is 5.92. The third-order valence-electron chi connectivity index (χ3n) is 5.81. The first-order valence-electron chi connectivity index (χ1n) is 9.82. The Morgan fingerprint density at radius 2 is 1.80 bits per heavy atom. The molecule has 0 spiro atoms. The Bertz CT molecular complexity index is 815. The molecule has 2 aromatic carbocycles. The number of methoxy groups -OCH3 is 1. The third-order valence-corrected chi connectivity index (χ3v) is 6.09. The van der Waals surface area contributed by atoms with Gasteiger partial charge in [-0.3, -0.25) is 0 Å². The fourth-order valence-corrected chi connectivity index (χ4v) is 4.48. The number of fused-ring (bicyclic) bond motifs is 3. The second-order valence-corrected chi connectivity index (χ2v) is 8.06. The van der Waals surface area contributed by atoms with Crippen molar-refractivity contribution in [1.82, 2.24) is 10.2 Å². The molecule has 0 radical (unpaired) electrons. The summed E-state index contributed by atoms with van der Waals surface area (Å²) in [5.74, 6) is 1.64. The highest BCUT2D eigenvalue weighted by molar-refractivity contribution is 6.32. The maximum Gasteiger partial charge on any atom is 0.180 e. The maximum absolute atomic E-state index is 13.0. The summed E-state index contributed by atoms with van der Waals surface area (Å²) in [7, 11) is 1.61. The zero-order valence-electron chi connectivity index (χ0n) is 16.9. The van der Waals surface area contributed by atoms with E-state index in [1.807, 2.05) is 12.1 Å². The van der Waals surface area contributed by atoms with Gasteiger partial charge >= 0.3 is 0 Å². The van der Waals surface area contributed by atoms with Crippen LogP contribution in [0.15, 0.2) is 36.4 Å². The zero-order chi connectivity index (χ0) is 19.5. The topological polar surface area (TPSA) is 33.7 Å². The summed E-state index contributed by atoms with van der Waals surface area (Å²) in [4.78, 5) is 2.54. The van der Waals surface area contributed by atoms with Crippen LogP contribution in [0.4, 0.5) is 4.39 Å². The summed E-state index contributed by atoms with van der Waals surface area (Å²) in [6, 6.07) is 10.7. The van der Waals surface area contributed by atoms with Crippen LogP contribution >= 0.6 is 36.4 Å². The van der Waals surface area contributed by atoms with Gasteiger partial charge in [0.05, 0.1) is 12.1 Å². The molecule has 3 heterocycles. The number of nitrogens with one attached hydrogen (secondary N) is 1. The lowest BCUT2D eigenvalue weighted by Crippen LogP contribution is -2.55. The van der Waals surface area contributed by atoms with Crippen LogP contribution in [0.3, 0.4) is 0 Å². The summed E-state index contributed by atoms with van der Waals surface area (Å²) in [5, 5.41) is 4.22. The van der Waals surface area contributed by atoms with Crippen LogP contribution in [0.2, 0.25) is 5.02 Å². The minimum absolute atomic E-state index is 0. The van der Waals surface area contributed by atoms with E-state index in [0.29, 0.717) is 29.2 Å². The highest BCUT2D eigenvalue weighted by Crippen LogP contribution is 2.37. The molecule has 3 aliphatic heterocycles. The van der Waals surface area contributed by atoms with Gasteiger partial charge in [0, 0.05) is 19.1 Å². The van der Waals surface area contributed by atoms with E-state index in [1.165, 1.54) is 38.1 Å². The van der Waals surface area contributed by atoms with Gasteiger partial charge in [-0.2, -0.15) is 0 Å². The zero-order valence-corrected chi connectivity index (χ0v) is 19.3. The Kier molecular flexibility index (Phi) is 9.51. The predicted molar refractivity (Wildman–Crippen MR) is 123 cm³/mol. The smallest absolute Gasteiger partial charge is 0.180 e. The monoisotopic (exact) mass is 476 g/mol. The van der Waals surface area contributed by atoms with Gasteiger partial charge in [0.25, 0.3) is 0 Å². The van der Waals surface area contributed by atoms with Gasteiger partial charge in [-0.15, -0.1) is 24.8 Å². The first-order chi connectivity index (χ1) is 13.6. The first kappa shape index (κ1) is 25.0. The molecular formula is C22H28Cl3FN2O2. The summed E-state index contributed by atoms with van der Waals surface area (Å²) < 4.78 is 24.4. The normalized spacial score (nSPS) is 22.0. The lowest BCUT2D eigenvalue weighted by Gasteiger charge is -2.45.